The van der Waals surface area contributed by atoms with Crippen LogP contribution in [-0.4, -0.2) is 12.1 Å². The lowest BCUT2D eigenvalue weighted by Gasteiger charge is -2.08. The Bertz CT molecular complexity index is 526. The number of rotatable bonds is 4. The number of hydrogen-bond donors (Lipinski definition) is 1. The molecule has 0 atom stereocenters. The van der Waals surface area contributed by atoms with E-state index in [0.29, 0.717) is 6.54 Å². The Morgan fingerprint density at radius 2 is 1.94 bits per heavy atom. The van der Waals surface area contributed by atoms with Crippen LogP contribution >= 0.6 is 15.9 Å². The minimum absolute atomic E-state index is 0.680. The maximum absolute atomic E-state index is 5.23. The second-order valence-corrected chi connectivity index (χ2v) is 4.92. The van der Waals surface area contributed by atoms with E-state index in [-0.39, 0.29) is 0 Å². The van der Waals surface area contributed by atoms with Gasteiger partial charge in [0.05, 0.1) is 19.3 Å². The summed E-state index contributed by atoms with van der Waals surface area (Å²) in [5.41, 5.74) is 3.00. The van der Waals surface area contributed by atoms with Crippen molar-refractivity contribution in [2.75, 3.05) is 12.4 Å². The lowest BCUT2D eigenvalue weighted by atomic mass is 10.2. The monoisotopic (exact) mass is 306 g/mol. The molecule has 0 aliphatic heterocycles. The first kappa shape index (κ1) is 12.9. The average molecular weight is 307 g/mol. The third-order valence-electron chi connectivity index (χ3n) is 2.53. The fourth-order valence-corrected chi connectivity index (χ4v) is 1.94. The summed E-state index contributed by atoms with van der Waals surface area (Å²) in [6.45, 7) is 2.64. The molecule has 1 N–H and O–H groups in total. The van der Waals surface area contributed by atoms with Gasteiger partial charge in [-0.15, -0.1) is 0 Å². The van der Waals surface area contributed by atoms with Crippen molar-refractivity contribution in [3.05, 3.63) is 52.3 Å². The number of hydrogen-bond acceptors (Lipinski definition) is 3. The van der Waals surface area contributed by atoms with E-state index in [1.165, 1.54) is 0 Å². The van der Waals surface area contributed by atoms with Gasteiger partial charge in [-0.2, -0.15) is 0 Å². The fourth-order valence-electron chi connectivity index (χ4n) is 1.67. The van der Waals surface area contributed by atoms with Crippen LogP contribution in [0.5, 0.6) is 5.75 Å². The van der Waals surface area contributed by atoms with Crippen LogP contribution in [0.4, 0.5) is 5.69 Å². The Morgan fingerprint density at radius 3 is 2.61 bits per heavy atom. The third kappa shape index (κ3) is 3.47. The lowest BCUT2D eigenvalue weighted by molar-refractivity contribution is 0.413. The number of nitrogens with zero attached hydrogens (tertiary/aromatic N) is 1. The summed E-state index contributed by atoms with van der Waals surface area (Å²) in [7, 11) is 1.67. The summed E-state index contributed by atoms with van der Waals surface area (Å²) in [6.07, 6.45) is 0. The van der Waals surface area contributed by atoms with Gasteiger partial charge in [-0.25, -0.2) is 0 Å². The molecule has 1 heterocycles. The van der Waals surface area contributed by atoms with E-state index in [9.17, 15) is 0 Å². The maximum atomic E-state index is 5.23. The van der Waals surface area contributed by atoms with Crippen LogP contribution in [0.3, 0.4) is 0 Å². The molecule has 0 saturated carbocycles. The zero-order valence-corrected chi connectivity index (χ0v) is 12.0. The first-order valence-corrected chi connectivity index (χ1v) is 6.47. The largest absolute Gasteiger partial charge is 0.497 e. The average Bonchev–Trinajstić information content (AvgIpc) is 2.37. The molecular formula is C14H15BrN2O. The lowest BCUT2D eigenvalue weighted by Crippen LogP contribution is -2.03. The van der Waals surface area contributed by atoms with E-state index in [4.69, 9.17) is 4.74 Å². The second kappa shape index (κ2) is 5.87. The second-order valence-electron chi connectivity index (χ2n) is 4.00. The molecule has 2 aromatic rings. The molecule has 1 aromatic carbocycles. The Hall–Kier alpha value is -1.55. The van der Waals surface area contributed by atoms with Gasteiger partial charge in [0.2, 0.25) is 0 Å². The van der Waals surface area contributed by atoms with Crippen molar-refractivity contribution in [1.82, 2.24) is 4.98 Å². The molecule has 0 bridgehead atoms. The van der Waals surface area contributed by atoms with Gasteiger partial charge in [0, 0.05) is 28.0 Å². The van der Waals surface area contributed by atoms with Crippen molar-refractivity contribution >= 4 is 21.6 Å². The molecule has 0 radical (unpaired) electrons. The zero-order valence-electron chi connectivity index (χ0n) is 10.4. The summed E-state index contributed by atoms with van der Waals surface area (Å²) in [6, 6.07) is 11.9. The number of nitrogens with one attached hydrogen (secondary N) is 1. The molecule has 4 heteroatoms. The number of methoxy groups -OCH3 is 1. The highest BCUT2D eigenvalue weighted by atomic mass is 79.9. The number of aryl methyl sites for hydroxylation is 1. The van der Waals surface area contributed by atoms with Crippen molar-refractivity contribution in [3.8, 4) is 5.75 Å². The number of aromatic nitrogens is 1. The van der Waals surface area contributed by atoms with Gasteiger partial charge in [-0.3, -0.25) is 4.98 Å². The van der Waals surface area contributed by atoms with Gasteiger partial charge in [-0.1, -0.05) is 15.9 Å². The number of anilines is 1. The van der Waals surface area contributed by atoms with Crippen molar-refractivity contribution in [2.45, 2.75) is 13.5 Å². The minimum atomic E-state index is 0.680. The van der Waals surface area contributed by atoms with E-state index in [0.717, 1.165) is 27.3 Å². The Labute approximate surface area is 115 Å². The molecule has 0 aliphatic rings. The van der Waals surface area contributed by atoms with Crippen LogP contribution in [0.25, 0.3) is 0 Å². The van der Waals surface area contributed by atoms with Gasteiger partial charge >= 0.3 is 0 Å². The number of halogens is 1. The van der Waals surface area contributed by atoms with E-state index in [1.807, 2.05) is 43.3 Å². The SMILES string of the molecule is COc1cc(C)nc(CNc2ccc(Br)cc2)c1. The standard InChI is InChI=1S/C14H15BrN2O/c1-10-7-14(18-2)8-13(17-10)9-16-12-5-3-11(15)4-6-12/h3-8,16H,9H2,1-2H3. The summed E-state index contributed by atoms with van der Waals surface area (Å²) >= 11 is 3.41. The summed E-state index contributed by atoms with van der Waals surface area (Å²) < 4.78 is 6.30. The molecule has 0 unspecified atom stereocenters. The van der Waals surface area contributed by atoms with Crippen LogP contribution in [0.15, 0.2) is 40.9 Å². The Balaban J connectivity index is 2.05. The van der Waals surface area contributed by atoms with Gasteiger partial charge in [0.25, 0.3) is 0 Å². The number of ether oxygens (including phenoxy) is 1. The highest BCUT2D eigenvalue weighted by Gasteiger charge is 2.00. The zero-order chi connectivity index (χ0) is 13.0. The van der Waals surface area contributed by atoms with Crippen LogP contribution in [-0.2, 0) is 6.54 Å². The van der Waals surface area contributed by atoms with E-state index in [1.54, 1.807) is 7.11 Å². The molecule has 0 amide bonds. The van der Waals surface area contributed by atoms with E-state index in [2.05, 4.69) is 26.2 Å². The van der Waals surface area contributed by atoms with Gasteiger partial charge in [0.15, 0.2) is 0 Å². The van der Waals surface area contributed by atoms with E-state index >= 15 is 0 Å². The van der Waals surface area contributed by atoms with Crippen molar-refractivity contribution < 1.29 is 4.74 Å². The molecule has 0 spiro atoms. The predicted octanol–water partition coefficient (Wildman–Crippen LogP) is 3.77. The molecule has 3 nitrogen and oxygen atoms in total. The van der Waals surface area contributed by atoms with Crippen molar-refractivity contribution in [2.24, 2.45) is 0 Å². The molecular weight excluding hydrogens is 292 g/mol. The molecule has 94 valence electrons. The van der Waals surface area contributed by atoms with Gasteiger partial charge < -0.3 is 10.1 Å². The fraction of sp³-hybridized carbons (Fsp3) is 0.214. The quantitative estimate of drug-likeness (QED) is 0.933. The smallest absolute Gasteiger partial charge is 0.122 e. The van der Waals surface area contributed by atoms with Crippen LogP contribution in [0, 0.1) is 6.92 Å². The molecule has 2 rings (SSSR count). The molecule has 0 fully saturated rings. The maximum Gasteiger partial charge on any atom is 0.122 e. The van der Waals surface area contributed by atoms with Crippen molar-refractivity contribution in [1.29, 1.82) is 0 Å². The van der Waals surface area contributed by atoms with Crippen LogP contribution in [0.2, 0.25) is 0 Å². The first-order chi connectivity index (χ1) is 8.67. The third-order valence-corrected chi connectivity index (χ3v) is 3.06. The van der Waals surface area contributed by atoms with Crippen LogP contribution < -0.4 is 10.1 Å². The van der Waals surface area contributed by atoms with Crippen LogP contribution in [0.1, 0.15) is 11.4 Å². The molecule has 0 saturated heterocycles. The molecule has 1 aromatic heterocycles. The van der Waals surface area contributed by atoms with Gasteiger partial charge in [-0.05, 0) is 31.2 Å². The highest BCUT2D eigenvalue weighted by molar-refractivity contribution is 9.10. The van der Waals surface area contributed by atoms with Crippen molar-refractivity contribution in [3.63, 3.8) is 0 Å². The summed E-state index contributed by atoms with van der Waals surface area (Å²) in [5, 5.41) is 3.33. The highest BCUT2D eigenvalue weighted by Crippen LogP contribution is 2.17. The first-order valence-electron chi connectivity index (χ1n) is 5.68. The summed E-state index contributed by atoms with van der Waals surface area (Å²) in [5.74, 6) is 0.843. The Morgan fingerprint density at radius 1 is 1.22 bits per heavy atom. The topological polar surface area (TPSA) is 34.1 Å². The number of benzene rings is 1. The molecule has 0 aliphatic carbocycles. The van der Waals surface area contributed by atoms with Gasteiger partial charge in [0.1, 0.15) is 5.75 Å². The minimum Gasteiger partial charge on any atom is -0.497 e. The molecule has 18 heavy (non-hydrogen) atoms. The Kier molecular flexibility index (Phi) is 4.20. The normalized spacial score (nSPS) is 10.2. The number of pyridine rings is 1. The summed E-state index contributed by atoms with van der Waals surface area (Å²) in [4.78, 5) is 4.46. The van der Waals surface area contributed by atoms with E-state index < -0.39 is 0 Å². The predicted molar refractivity (Wildman–Crippen MR) is 77.0 cm³/mol.